The predicted molar refractivity (Wildman–Crippen MR) is 196 cm³/mol. The zero-order valence-electron chi connectivity index (χ0n) is 29.2. The van der Waals surface area contributed by atoms with E-state index in [-0.39, 0.29) is 42.4 Å². The average molecular weight is 721 g/mol. The summed E-state index contributed by atoms with van der Waals surface area (Å²) in [5.74, 6) is -0.857. The van der Waals surface area contributed by atoms with Gasteiger partial charge in [0, 0.05) is 59.0 Å². The minimum Gasteiger partial charge on any atom is -0.748 e. The van der Waals surface area contributed by atoms with Gasteiger partial charge in [-0.05, 0) is 65.6 Å². The van der Waals surface area contributed by atoms with E-state index in [9.17, 15) is 25.9 Å². The summed E-state index contributed by atoms with van der Waals surface area (Å²) in [4.78, 5) is 2.13. The number of fused-ring (bicyclic) bond motifs is 6. The number of anilines is 1. The zero-order valence-corrected chi connectivity index (χ0v) is 32.9. The van der Waals surface area contributed by atoms with Crippen LogP contribution in [0.25, 0.3) is 21.5 Å². The molecule has 0 atom stereocenters. The van der Waals surface area contributed by atoms with Crippen molar-refractivity contribution >= 4 is 58.9 Å². The van der Waals surface area contributed by atoms with Crippen molar-refractivity contribution in [1.29, 1.82) is 0 Å². The third-order valence-electron chi connectivity index (χ3n) is 9.79. The van der Waals surface area contributed by atoms with E-state index in [0.29, 0.717) is 13.1 Å². The van der Waals surface area contributed by atoms with Crippen LogP contribution in [0.3, 0.4) is 0 Å². The van der Waals surface area contributed by atoms with Crippen LogP contribution in [0.4, 0.5) is 11.4 Å². The molecule has 50 heavy (non-hydrogen) atoms. The summed E-state index contributed by atoms with van der Waals surface area (Å²) in [5, 5.41) is 4.52. The van der Waals surface area contributed by atoms with Gasteiger partial charge in [-0.3, -0.25) is 0 Å². The van der Waals surface area contributed by atoms with E-state index in [4.69, 9.17) is 0 Å². The van der Waals surface area contributed by atoms with Gasteiger partial charge in [0.25, 0.3) is 0 Å². The van der Waals surface area contributed by atoms with E-state index in [2.05, 4.69) is 97.9 Å². The van der Waals surface area contributed by atoms with Crippen LogP contribution < -0.4 is 34.5 Å². The fraction of sp³-hybridized carbons (Fsp3) is 0.308. The monoisotopic (exact) mass is 720 g/mol. The molecule has 0 fully saturated rings. The summed E-state index contributed by atoms with van der Waals surface area (Å²) in [7, 11) is -8.67. The standard InChI is InChI=1S/C39H42N2O6S2.Na/c1-38(2)34(40(24-12-26-48(42,43)44)32-22-20-28-14-8-10-16-30(28)36(32)38)18-6-5-7-19-35-39(3,4)37-31-17-11-9-15-29(31)21-23-33(37)41(35)25-13-27-49(45,46)47;/h5-11,14-23H,12-13,24-27H2,1-4H3,(H-,42,43,44,45,46,47);/q;+1/p-1. The predicted octanol–water partition coefficient (Wildman–Crippen LogP) is 4.04. The Morgan fingerprint density at radius 1 is 0.700 bits per heavy atom. The normalized spacial score (nSPS) is 17.7. The number of benzene rings is 4. The van der Waals surface area contributed by atoms with Crippen LogP contribution in [0.5, 0.6) is 0 Å². The average Bonchev–Trinajstić information content (AvgIpc) is 3.38. The summed E-state index contributed by atoms with van der Waals surface area (Å²) in [6.45, 7) is 9.43. The molecule has 0 saturated heterocycles. The summed E-state index contributed by atoms with van der Waals surface area (Å²) in [5.41, 5.74) is 5.54. The summed E-state index contributed by atoms with van der Waals surface area (Å²) < 4.78 is 70.8. The Labute approximate surface area is 317 Å². The van der Waals surface area contributed by atoms with E-state index >= 15 is 0 Å². The Bertz CT molecular complexity index is 2310. The fourth-order valence-corrected chi connectivity index (χ4v) is 8.67. The van der Waals surface area contributed by atoms with E-state index < -0.39 is 42.6 Å². The molecule has 0 amide bonds. The molecular weight excluding hydrogens is 680 g/mol. The first-order valence-corrected chi connectivity index (χ1v) is 19.6. The quantitative estimate of drug-likeness (QED) is 0.0994. The molecule has 0 bridgehead atoms. The van der Waals surface area contributed by atoms with Gasteiger partial charge >= 0.3 is 29.6 Å². The van der Waals surface area contributed by atoms with Crippen molar-refractivity contribution in [2.45, 2.75) is 51.4 Å². The molecule has 2 aliphatic heterocycles. The van der Waals surface area contributed by atoms with Crippen molar-refractivity contribution in [2.75, 3.05) is 29.5 Å². The topological polar surface area (TPSA) is 121 Å². The Kier molecular flexibility index (Phi) is 11.1. The summed E-state index contributed by atoms with van der Waals surface area (Å²) >= 11 is 0. The second kappa shape index (κ2) is 14.5. The maximum Gasteiger partial charge on any atom is 1.00 e. The number of hydrogen-bond acceptors (Lipinski definition) is 7. The maximum atomic E-state index is 11.4. The zero-order chi connectivity index (χ0) is 35.2. The van der Waals surface area contributed by atoms with Gasteiger partial charge < -0.3 is 14.0 Å². The van der Waals surface area contributed by atoms with Crippen LogP contribution in [0, 0.1) is 0 Å². The Hall–Kier alpha value is -3.09. The molecule has 2 heterocycles. The maximum absolute atomic E-state index is 11.4. The van der Waals surface area contributed by atoms with Gasteiger partial charge in [-0.1, -0.05) is 86.7 Å². The molecule has 0 saturated carbocycles. The molecule has 0 unspecified atom stereocenters. The molecule has 0 spiro atoms. The molecule has 4 aromatic carbocycles. The molecule has 11 heteroatoms. The summed E-state index contributed by atoms with van der Waals surface area (Å²) in [6, 6.07) is 24.7. The molecule has 6 rings (SSSR count). The number of nitrogens with zero attached hydrogens (tertiary/aromatic N) is 2. The van der Waals surface area contributed by atoms with Gasteiger partial charge in [-0.15, -0.1) is 0 Å². The third kappa shape index (κ3) is 7.58. The number of hydrogen-bond donors (Lipinski definition) is 0. The molecule has 4 aromatic rings. The van der Waals surface area contributed by atoms with Gasteiger partial charge in [-0.2, -0.15) is 4.58 Å². The SMILES string of the molecule is CC1(C)C(/C=C/C=C/C=C2/N(CCCS(=O)(=O)[O-])c3ccc4ccccc4c3C2(C)C)=[N+](CCCS(=O)(=O)[O-])c2ccc3ccccc3c21.[Na+]. The van der Waals surface area contributed by atoms with Gasteiger partial charge in [0.2, 0.25) is 5.69 Å². The van der Waals surface area contributed by atoms with Crippen molar-refractivity contribution in [1.82, 2.24) is 0 Å². The van der Waals surface area contributed by atoms with Gasteiger partial charge in [0.15, 0.2) is 5.71 Å². The Balaban J connectivity index is 0.00000486. The number of rotatable bonds is 11. The largest absolute Gasteiger partial charge is 1.00 e. The first-order chi connectivity index (χ1) is 23.1. The van der Waals surface area contributed by atoms with Crippen LogP contribution in [-0.4, -0.2) is 60.8 Å². The molecule has 8 nitrogen and oxygen atoms in total. The van der Waals surface area contributed by atoms with Crippen LogP contribution >= 0.6 is 0 Å². The smallest absolute Gasteiger partial charge is 0.748 e. The first-order valence-electron chi connectivity index (χ1n) is 16.5. The second-order valence-corrected chi connectivity index (χ2v) is 16.9. The first kappa shape index (κ1) is 38.1. The fourth-order valence-electron chi connectivity index (χ4n) is 7.71. The van der Waals surface area contributed by atoms with Crippen molar-refractivity contribution in [3.05, 3.63) is 120 Å². The Morgan fingerprint density at radius 3 is 1.92 bits per heavy atom. The summed E-state index contributed by atoms with van der Waals surface area (Å²) in [6.07, 6.45) is 10.4. The van der Waals surface area contributed by atoms with Crippen molar-refractivity contribution in [2.24, 2.45) is 0 Å². The molecule has 0 aromatic heterocycles. The van der Waals surface area contributed by atoms with E-state index in [1.165, 1.54) is 0 Å². The minimum atomic E-state index is -4.34. The minimum absolute atomic E-state index is 0. The van der Waals surface area contributed by atoms with Crippen LogP contribution in [0.15, 0.2) is 109 Å². The van der Waals surface area contributed by atoms with E-state index in [1.807, 2.05) is 42.5 Å². The second-order valence-electron chi connectivity index (χ2n) is 13.8. The van der Waals surface area contributed by atoms with Crippen LogP contribution in [-0.2, 0) is 31.1 Å². The molecule has 256 valence electrons. The molecule has 0 N–H and O–H groups in total. The van der Waals surface area contributed by atoms with E-state index in [1.54, 1.807) is 0 Å². The molecular formula is C39H41N2NaO6S2. The molecule has 2 aliphatic rings. The van der Waals surface area contributed by atoms with E-state index in [0.717, 1.165) is 55.5 Å². The Morgan fingerprint density at radius 2 is 1.28 bits per heavy atom. The van der Waals surface area contributed by atoms with Crippen LogP contribution in [0.2, 0.25) is 0 Å². The van der Waals surface area contributed by atoms with Crippen molar-refractivity contribution in [3.8, 4) is 0 Å². The molecule has 0 radical (unpaired) electrons. The van der Waals surface area contributed by atoms with Crippen molar-refractivity contribution < 1.29 is 60.1 Å². The van der Waals surface area contributed by atoms with Crippen LogP contribution in [0.1, 0.15) is 51.7 Å². The molecule has 0 aliphatic carbocycles. The third-order valence-corrected chi connectivity index (χ3v) is 11.4. The number of allylic oxidation sites excluding steroid dienone is 6. The van der Waals surface area contributed by atoms with Gasteiger partial charge in [-0.25, -0.2) is 16.8 Å². The van der Waals surface area contributed by atoms with Crippen molar-refractivity contribution in [3.63, 3.8) is 0 Å². The van der Waals surface area contributed by atoms with Gasteiger partial charge in [0.1, 0.15) is 6.54 Å². The van der Waals surface area contributed by atoms with Gasteiger partial charge in [0.05, 0.1) is 25.7 Å².